The molecule has 32 heavy (non-hydrogen) atoms. The average molecular weight is 425 g/mol. The van der Waals surface area contributed by atoms with Gasteiger partial charge in [-0.2, -0.15) is 4.52 Å². The lowest BCUT2D eigenvalue weighted by Crippen LogP contribution is -2.33. The van der Waals surface area contributed by atoms with Gasteiger partial charge in [-0.1, -0.05) is 6.07 Å². The van der Waals surface area contributed by atoms with Crippen LogP contribution in [-0.4, -0.2) is 31.1 Å². The van der Waals surface area contributed by atoms with Crippen LogP contribution in [0.15, 0.2) is 47.7 Å². The van der Waals surface area contributed by atoms with Crippen molar-refractivity contribution in [1.82, 2.24) is 24.6 Å². The van der Waals surface area contributed by atoms with Crippen LogP contribution in [0.25, 0.3) is 16.8 Å². The van der Waals surface area contributed by atoms with Gasteiger partial charge in [0.25, 0.3) is 5.56 Å². The number of aryl methyl sites for hydroxylation is 1. The highest BCUT2D eigenvalue weighted by Gasteiger charge is 2.25. The van der Waals surface area contributed by atoms with Gasteiger partial charge in [0.05, 0.1) is 0 Å². The summed E-state index contributed by atoms with van der Waals surface area (Å²) in [5, 5.41) is 4.68. The monoisotopic (exact) mass is 424 g/mol. The van der Waals surface area contributed by atoms with Crippen LogP contribution in [0.2, 0.25) is 0 Å². The Morgan fingerprint density at radius 1 is 0.969 bits per heavy atom. The molecule has 0 aromatic carbocycles. The molecule has 0 unspecified atom stereocenters. The molecule has 1 aliphatic heterocycles. The van der Waals surface area contributed by atoms with E-state index in [1.165, 1.54) is 34.7 Å². The highest BCUT2D eigenvalue weighted by atomic mass is 16.1. The summed E-state index contributed by atoms with van der Waals surface area (Å²) in [4.78, 5) is 28.4. The van der Waals surface area contributed by atoms with Crippen LogP contribution in [-0.2, 0) is 13.0 Å². The molecule has 0 amide bonds. The van der Waals surface area contributed by atoms with E-state index in [0.717, 1.165) is 46.7 Å². The van der Waals surface area contributed by atoms with Crippen LogP contribution in [0.1, 0.15) is 46.8 Å². The molecule has 0 spiro atoms. The fourth-order valence-corrected chi connectivity index (χ4v) is 4.52. The summed E-state index contributed by atoms with van der Waals surface area (Å²) < 4.78 is 1.41. The Morgan fingerprint density at radius 3 is 2.59 bits per heavy atom. The Hall–Kier alpha value is -3.61. The number of nitrogens with zero attached hydrogens (tertiary/aromatic N) is 6. The minimum Gasteiger partial charge on any atom is -0.350 e. The molecule has 1 fully saturated rings. The summed E-state index contributed by atoms with van der Waals surface area (Å²) in [5.74, 6) is 1.49. The van der Waals surface area contributed by atoms with Gasteiger partial charge in [-0.15, -0.1) is 5.10 Å². The van der Waals surface area contributed by atoms with E-state index in [0.29, 0.717) is 18.1 Å². The Balaban J connectivity index is 1.35. The molecule has 160 valence electrons. The van der Waals surface area contributed by atoms with Gasteiger partial charge in [0.2, 0.25) is 0 Å². The second-order valence-electron chi connectivity index (χ2n) is 8.84. The van der Waals surface area contributed by atoms with Gasteiger partial charge in [-0.25, -0.2) is 4.98 Å². The van der Waals surface area contributed by atoms with E-state index in [9.17, 15) is 4.79 Å². The van der Waals surface area contributed by atoms with Gasteiger partial charge in [-0.3, -0.25) is 14.8 Å². The molecule has 7 nitrogen and oxygen atoms in total. The minimum atomic E-state index is -0.164. The molecule has 0 bridgehead atoms. The quantitative estimate of drug-likeness (QED) is 0.500. The van der Waals surface area contributed by atoms with E-state index < -0.39 is 0 Å². The number of aromatic nitrogens is 5. The number of rotatable bonds is 3. The van der Waals surface area contributed by atoms with Crippen LogP contribution >= 0.6 is 0 Å². The molecular weight excluding hydrogens is 400 g/mol. The first kappa shape index (κ1) is 19.1. The van der Waals surface area contributed by atoms with Crippen LogP contribution in [0, 0.1) is 13.8 Å². The molecule has 0 saturated heterocycles. The lowest BCUT2D eigenvalue weighted by molar-refractivity contribution is 0.684. The fraction of sp³-hybridized carbons (Fsp3) is 0.320. The highest BCUT2D eigenvalue weighted by Crippen LogP contribution is 2.39. The van der Waals surface area contributed by atoms with Gasteiger partial charge in [-0.05, 0) is 44.4 Å². The number of anilines is 1. The van der Waals surface area contributed by atoms with Crippen molar-refractivity contribution in [2.24, 2.45) is 0 Å². The molecule has 0 atom stereocenters. The SMILES string of the molecule is Cc1c(N2CCc3ncc(-c4ccc(C5CC5)nc4)cc3C2)nn2c(=O)ccnc2c1C. The predicted molar refractivity (Wildman–Crippen MR) is 123 cm³/mol. The first-order valence-corrected chi connectivity index (χ1v) is 11.1. The second kappa shape index (κ2) is 7.22. The van der Waals surface area contributed by atoms with Gasteiger partial charge < -0.3 is 4.90 Å². The molecule has 0 radical (unpaired) electrons. The zero-order valence-electron chi connectivity index (χ0n) is 18.2. The van der Waals surface area contributed by atoms with E-state index in [2.05, 4.69) is 38.2 Å². The van der Waals surface area contributed by atoms with Crippen molar-refractivity contribution in [3.05, 3.63) is 81.3 Å². The maximum absolute atomic E-state index is 12.4. The average Bonchev–Trinajstić information content (AvgIpc) is 3.67. The van der Waals surface area contributed by atoms with Crippen molar-refractivity contribution < 1.29 is 0 Å². The van der Waals surface area contributed by atoms with E-state index in [4.69, 9.17) is 4.98 Å². The summed E-state index contributed by atoms with van der Waals surface area (Å²) >= 11 is 0. The van der Waals surface area contributed by atoms with Crippen LogP contribution < -0.4 is 10.5 Å². The third-order valence-electron chi connectivity index (χ3n) is 6.71. The standard InChI is InChI=1S/C25H24N6O/c1-15-16(2)25(29-31-23(32)7-9-26-24(15)31)30-10-8-22-20(14-30)11-19(13-28-22)18-5-6-21(27-12-18)17-3-4-17/h5-7,9,11-13,17H,3-4,8,10,14H2,1-2H3. The molecule has 4 aromatic heterocycles. The van der Waals surface area contributed by atoms with Gasteiger partial charge in [0, 0.05) is 83.7 Å². The number of fused-ring (bicyclic) bond motifs is 2. The molecule has 6 rings (SSSR count). The molecule has 0 N–H and O–H groups in total. The third-order valence-corrected chi connectivity index (χ3v) is 6.71. The first-order chi connectivity index (χ1) is 15.6. The number of pyridine rings is 2. The van der Waals surface area contributed by atoms with Crippen molar-refractivity contribution in [2.45, 2.75) is 45.6 Å². The van der Waals surface area contributed by atoms with Crippen LogP contribution in [0.4, 0.5) is 5.82 Å². The Labute approximate surface area is 185 Å². The van der Waals surface area contributed by atoms with Crippen LogP contribution in [0.3, 0.4) is 0 Å². The lowest BCUT2D eigenvalue weighted by Gasteiger charge is -2.31. The molecular formula is C25H24N6O. The van der Waals surface area contributed by atoms with E-state index in [-0.39, 0.29) is 5.56 Å². The lowest BCUT2D eigenvalue weighted by atomic mass is 10.00. The van der Waals surface area contributed by atoms with Crippen molar-refractivity contribution in [1.29, 1.82) is 0 Å². The van der Waals surface area contributed by atoms with E-state index in [1.807, 2.05) is 26.2 Å². The molecule has 1 aliphatic carbocycles. The number of hydrogen-bond donors (Lipinski definition) is 0. The van der Waals surface area contributed by atoms with Crippen molar-refractivity contribution >= 4 is 11.5 Å². The first-order valence-electron chi connectivity index (χ1n) is 11.1. The Morgan fingerprint density at radius 2 is 1.81 bits per heavy atom. The largest absolute Gasteiger partial charge is 0.350 e. The smallest absolute Gasteiger partial charge is 0.274 e. The molecule has 5 heterocycles. The summed E-state index contributed by atoms with van der Waals surface area (Å²) in [5.41, 5.74) is 8.17. The molecule has 1 saturated carbocycles. The highest BCUT2D eigenvalue weighted by molar-refractivity contribution is 5.64. The minimum absolute atomic E-state index is 0.164. The molecule has 7 heteroatoms. The second-order valence-corrected chi connectivity index (χ2v) is 8.84. The Kier molecular flexibility index (Phi) is 4.31. The maximum atomic E-state index is 12.4. The third kappa shape index (κ3) is 3.16. The zero-order valence-corrected chi connectivity index (χ0v) is 18.2. The number of hydrogen-bond acceptors (Lipinski definition) is 6. The van der Waals surface area contributed by atoms with Crippen LogP contribution in [0.5, 0.6) is 0 Å². The van der Waals surface area contributed by atoms with Gasteiger partial charge in [0.15, 0.2) is 11.5 Å². The van der Waals surface area contributed by atoms with Crippen molar-refractivity contribution in [3.8, 4) is 11.1 Å². The van der Waals surface area contributed by atoms with Crippen molar-refractivity contribution in [2.75, 3.05) is 11.4 Å². The fourth-order valence-electron chi connectivity index (χ4n) is 4.52. The molecule has 2 aliphatic rings. The normalized spacial score (nSPS) is 15.8. The van der Waals surface area contributed by atoms with Gasteiger partial charge >= 0.3 is 0 Å². The summed E-state index contributed by atoms with van der Waals surface area (Å²) in [6.07, 6.45) is 8.82. The van der Waals surface area contributed by atoms with Crippen molar-refractivity contribution in [3.63, 3.8) is 0 Å². The van der Waals surface area contributed by atoms with E-state index in [1.54, 1.807) is 6.20 Å². The topological polar surface area (TPSA) is 76.3 Å². The summed E-state index contributed by atoms with van der Waals surface area (Å²) in [6.45, 7) is 5.56. The predicted octanol–water partition coefficient (Wildman–Crippen LogP) is 3.60. The van der Waals surface area contributed by atoms with E-state index >= 15 is 0 Å². The Bertz CT molecular complexity index is 1400. The summed E-state index contributed by atoms with van der Waals surface area (Å²) in [6, 6.07) is 7.97. The zero-order chi connectivity index (χ0) is 21.8. The summed E-state index contributed by atoms with van der Waals surface area (Å²) in [7, 11) is 0. The maximum Gasteiger partial charge on any atom is 0.274 e. The van der Waals surface area contributed by atoms with Gasteiger partial charge in [0.1, 0.15) is 0 Å². The molecule has 4 aromatic rings.